The molecule has 1 unspecified atom stereocenters. The maximum Gasteiger partial charge on any atom is 0.282 e. The van der Waals surface area contributed by atoms with Gasteiger partial charge in [0, 0.05) is 6.54 Å². The fourth-order valence-corrected chi connectivity index (χ4v) is 0.905. The Morgan fingerprint density at radius 3 is 2.42 bits per heavy atom. The zero-order valence-electron chi connectivity index (χ0n) is 8.04. The van der Waals surface area contributed by atoms with Gasteiger partial charge in [-0.3, -0.25) is 4.85 Å². The van der Waals surface area contributed by atoms with Crippen molar-refractivity contribution in [1.29, 1.82) is 0 Å². The van der Waals surface area contributed by atoms with Crippen LogP contribution in [0.15, 0.2) is 0 Å². The molecular formula is C9H18N2O. The van der Waals surface area contributed by atoms with E-state index < -0.39 is 6.10 Å². The van der Waals surface area contributed by atoms with Crippen molar-refractivity contribution in [2.45, 2.75) is 39.5 Å². The quantitative estimate of drug-likeness (QED) is 0.609. The number of aliphatic hydroxyl groups is 1. The van der Waals surface area contributed by atoms with Gasteiger partial charge in [-0.1, -0.05) is 13.8 Å². The van der Waals surface area contributed by atoms with Gasteiger partial charge in [0.2, 0.25) is 0 Å². The van der Waals surface area contributed by atoms with E-state index >= 15 is 0 Å². The van der Waals surface area contributed by atoms with Gasteiger partial charge in [-0.05, 0) is 13.3 Å². The summed E-state index contributed by atoms with van der Waals surface area (Å²) in [4.78, 5) is 3.43. The largest absolute Gasteiger partial charge is 0.393 e. The van der Waals surface area contributed by atoms with Crippen molar-refractivity contribution >= 4 is 0 Å². The van der Waals surface area contributed by atoms with E-state index in [1.165, 1.54) is 0 Å². The number of nitrogens with one attached hydrogen (secondary N) is 1. The van der Waals surface area contributed by atoms with Crippen molar-refractivity contribution in [3.63, 3.8) is 0 Å². The van der Waals surface area contributed by atoms with E-state index in [0.29, 0.717) is 0 Å². The second kappa shape index (κ2) is 5.99. The van der Waals surface area contributed by atoms with E-state index in [1.54, 1.807) is 6.92 Å². The van der Waals surface area contributed by atoms with Crippen LogP contribution in [0.3, 0.4) is 0 Å². The van der Waals surface area contributed by atoms with Crippen molar-refractivity contribution < 1.29 is 5.11 Å². The van der Waals surface area contributed by atoms with Crippen LogP contribution in [-0.2, 0) is 0 Å². The predicted octanol–water partition coefficient (Wildman–Crippen LogP) is 1.25. The van der Waals surface area contributed by atoms with Crippen molar-refractivity contribution in [2.24, 2.45) is 5.92 Å². The highest BCUT2D eigenvalue weighted by atomic mass is 16.3. The molecule has 70 valence electrons. The number of hydrogen-bond donors (Lipinski definition) is 2. The molecule has 0 radical (unpaired) electrons. The third-order valence-corrected chi connectivity index (χ3v) is 2.00. The zero-order chi connectivity index (χ0) is 9.56. The zero-order valence-corrected chi connectivity index (χ0v) is 8.04. The fourth-order valence-electron chi connectivity index (χ4n) is 0.905. The van der Waals surface area contributed by atoms with E-state index in [2.05, 4.69) is 17.1 Å². The van der Waals surface area contributed by atoms with Crippen molar-refractivity contribution in [1.82, 2.24) is 5.32 Å². The van der Waals surface area contributed by atoms with E-state index in [1.807, 2.05) is 6.92 Å². The SMILES string of the molecule is [C-]#[N+]C(NCCC)[C@@H](C)[C@H](C)O. The lowest BCUT2D eigenvalue weighted by Crippen LogP contribution is -2.37. The predicted molar refractivity (Wildman–Crippen MR) is 49.5 cm³/mol. The molecule has 0 aromatic carbocycles. The van der Waals surface area contributed by atoms with E-state index in [-0.39, 0.29) is 12.1 Å². The maximum atomic E-state index is 9.24. The minimum atomic E-state index is -0.423. The molecule has 2 N–H and O–H groups in total. The van der Waals surface area contributed by atoms with Gasteiger partial charge in [0.05, 0.1) is 12.0 Å². The average Bonchev–Trinajstić information content (AvgIpc) is 2.05. The summed E-state index contributed by atoms with van der Waals surface area (Å²) in [6, 6.07) is 0. The number of rotatable bonds is 5. The van der Waals surface area contributed by atoms with Crippen LogP contribution in [0.5, 0.6) is 0 Å². The molecular weight excluding hydrogens is 152 g/mol. The molecule has 0 rings (SSSR count). The Hall–Kier alpha value is -0.590. The molecule has 0 saturated carbocycles. The second-order valence-corrected chi connectivity index (χ2v) is 3.13. The summed E-state index contributed by atoms with van der Waals surface area (Å²) in [7, 11) is 0. The van der Waals surface area contributed by atoms with Crippen molar-refractivity contribution in [3.8, 4) is 0 Å². The van der Waals surface area contributed by atoms with E-state index in [4.69, 9.17) is 6.57 Å². The normalized spacial score (nSPS) is 17.9. The molecule has 0 aliphatic heterocycles. The van der Waals surface area contributed by atoms with Crippen LogP contribution in [0.4, 0.5) is 0 Å². The minimum absolute atomic E-state index is 0.00551. The summed E-state index contributed by atoms with van der Waals surface area (Å²) >= 11 is 0. The Morgan fingerprint density at radius 1 is 1.50 bits per heavy atom. The first-order chi connectivity index (χ1) is 5.63. The van der Waals surface area contributed by atoms with E-state index in [9.17, 15) is 5.11 Å². The van der Waals surface area contributed by atoms with Gasteiger partial charge >= 0.3 is 0 Å². The molecule has 0 fully saturated rings. The first kappa shape index (κ1) is 11.4. The third kappa shape index (κ3) is 3.70. The lowest BCUT2D eigenvalue weighted by atomic mass is 10.0. The molecule has 3 nitrogen and oxygen atoms in total. The smallest absolute Gasteiger partial charge is 0.282 e. The summed E-state index contributed by atoms with van der Waals surface area (Å²) in [5.74, 6) is -0.00551. The molecule has 0 spiro atoms. The molecule has 0 heterocycles. The lowest BCUT2D eigenvalue weighted by Gasteiger charge is -2.16. The Balaban J connectivity index is 3.90. The van der Waals surface area contributed by atoms with Crippen LogP contribution in [0.2, 0.25) is 0 Å². The Labute approximate surface area is 74.6 Å². The third-order valence-electron chi connectivity index (χ3n) is 2.00. The summed E-state index contributed by atoms with van der Waals surface area (Å²) in [6.07, 6.45) is 0.344. The minimum Gasteiger partial charge on any atom is -0.393 e. The topological polar surface area (TPSA) is 36.6 Å². The molecule has 0 aromatic rings. The molecule has 0 aromatic heterocycles. The molecule has 0 amide bonds. The van der Waals surface area contributed by atoms with Crippen molar-refractivity contribution in [2.75, 3.05) is 6.54 Å². The number of aliphatic hydroxyl groups excluding tert-OH is 1. The van der Waals surface area contributed by atoms with Crippen LogP contribution in [0, 0.1) is 12.5 Å². The molecule has 3 heteroatoms. The summed E-state index contributed by atoms with van der Waals surface area (Å²) < 4.78 is 0. The second-order valence-electron chi connectivity index (χ2n) is 3.13. The monoisotopic (exact) mass is 170 g/mol. The average molecular weight is 170 g/mol. The highest BCUT2D eigenvalue weighted by Gasteiger charge is 2.24. The van der Waals surface area contributed by atoms with Crippen LogP contribution in [0.1, 0.15) is 27.2 Å². The van der Waals surface area contributed by atoms with Crippen LogP contribution < -0.4 is 5.32 Å². The van der Waals surface area contributed by atoms with Gasteiger partial charge < -0.3 is 5.11 Å². The molecule has 12 heavy (non-hydrogen) atoms. The molecule has 0 bridgehead atoms. The first-order valence-electron chi connectivity index (χ1n) is 4.41. The highest BCUT2D eigenvalue weighted by Crippen LogP contribution is 2.09. The Kier molecular flexibility index (Phi) is 5.69. The van der Waals surface area contributed by atoms with E-state index in [0.717, 1.165) is 13.0 Å². The molecule has 0 aliphatic carbocycles. The number of hydrogen-bond acceptors (Lipinski definition) is 2. The summed E-state index contributed by atoms with van der Waals surface area (Å²) in [5.41, 5.74) is 0. The lowest BCUT2D eigenvalue weighted by molar-refractivity contribution is 0.120. The van der Waals surface area contributed by atoms with Gasteiger partial charge in [-0.25, -0.2) is 11.9 Å². The molecule has 0 aliphatic rings. The van der Waals surface area contributed by atoms with Crippen LogP contribution in [0.25, 0.3) is 4.85 Å². The van der Waals surface area contributed by atoms with Gasteiger partial charge in [-0.15, -0.1) is 0 Å². The number of nitrogens with zero attached hydrogens (tertiary/aromatic N) is 1. The Bertz CT molecular complexity index is 151. The highest BCUT2D eigenvalue weighted by molar-refractivity contribution is 4.83. The summed E-state index contributed by atoms with van der Waals surface area (Å²) in [6.45, 7) is 13.4. The first-order valence-corrected chi connectivity index (χ1v) is 4.41. The maximum absolute atomic E-state index is 9.24. The van der Waals surface area contributed by atoms with Gasteiger partial charge in [0.25, 0.3) is 6.17 Å². The molecule has 3 atom stereocenters. The Morgan fingerprint density at radius 2 is 2.08 bits per heavy atom. The van der Waals surface area contributed by atoms with Gasteiger partial charge in [0.15, 0.2) is 0 Å². The summed E-state index contributed by atoms with van der Waals surface area (Å²) in [5, 5.41) is 12.3. The van der Waals surface area contributed by atoms with Crippen LogP contribution >= 0.6 is 0 Å². The van der Waals surface area contributed by atoms with Crippen LogP contribution in [-0.4, -0.2) is 23.9 Å². The van der Waals surface area contributed by atoms with Gasteiger partial charge in [0.1, 0.15) is 0 Å². The fraction of sp³-hybridized carbons (Fsp3) is 0.889. The molecule has 0 saturated heterocycles. The standard InChI is InChI=1S/C9H18N2O/c1-5-6-11-9(10-4)7(2)8(3)12/h7-9,11-12H,5-6H2,1-3H3/t7-,8-,9?/m0/s1. The van der Waals surface area contributed by atoms with Crippen molar-refractivity contribution in [3.05, 3.63) is 11.4 Å². The van der Waals surface area contributed by atoms with Gasteiger partial charge in [-0.2, -0.15) is 0 Å².